The van der Waals surface area contributed by atoms with Crippen LogP contribution < -0.4 is 0 Å². The summed E-state index contributed by atoms with van der Waals surface area (Å²) in [6.45, 7) is 7.16. The van der Waals surface area contributed by atoms with Crippen LogP contribution in [-0.4, -0.2) is 31.7 Å². The number of hydrogen-bond donors (Lipinski definition) is 0. The molecule has 0 saturated carbocycles. The highest BCUT2D eigenvalue weighted by molar-refractivity contribution is 7.86. The Labute approximate surface area is 186 Å². The average molecular weight is 448 g/mol. The Morgan fingerprint density at radius 2 is 1.52 bits per heavy atom. The summed E-state index contributed by atoms with van der Waals surface area (Å²) in [6, 6.07) is 16.5. The second-order valence-electron chi connectivity index (χ2n) is 8.57. The van der Waals surface area contributed by atoms with E-state index in [2.05, 4.69) is 12.1 Å². The van der Waals surface area contributed by atoms with E-state index in [1.165, 1.54) is 17.7 Å². The second-order valence-corrected chi connectivity index (χ2v) is 10.1. The van der Waals surface area contributed by atoms with Crippen molar-refractivity contribution >= 4 is 16.2 Å². The van der Waals surface area contributed by atoms with Crippen molar-refractivity contribution in [3.63, 3.8) is 0 Å². The first-order valence-corrected chi connectivity index (χ1v) is 12.0. The maximum Gasteiger partial charge on any atom is 0.435 e. The van der Waals surface area contributed by atoms with Gasteiger partial charge in [-0.05, 0) is 64.7 Å². The van der Waals surface area contributed by atoms with Gasteiger partial charge in [-0.1, -0.05) is 60.9 Å². The van der Waals surface area contributed by atoms with Gasteiger partial charge in [-0.3, -0.25) is 0 Å². The lowest BCUT2D eigenvalue weighted by Crippen LogP contribution is -2.39. The number of unbranched alkanes of at least 4 members (excludes halogenated alkanes) is 3. The molecule has 0 bridgehead atoms. The Morgan fingerprint density at radius 1 is 0.903 bits per heavy atom. The molecular weight excluding hydrogens is 414 g/mol. The van der Waals surface area contributed by atoms with Gasteiger partial charge in [0.05, 0.1) is 11.4 Å². The SMILES string of the molecule is Cc1ccc(S(=O)(=O)ON(CCCCCCc2ccccc2)C(=O)OC(C)(C)C)cc1. The highest BCUT2D eigenvalue weighted by Crippen LogP contribution is 2.18. The zero-order valence-corrected chi connectivity index (χ0v) is 19.7. The summed E-state index contributed by atoms with van der Waals surface area (Å²) < 4.78 is 35.8. The van der Waals surface area contributed by atoms with Crippen LogP contribution in [0.3, 0.4) is 0 Å². The predicted octanol–water partition coefficient (Wildman–Crippen LogP) is 5.66. The Kier molecular flexibility index (Phi) is 9.07. The fourth-order valence-corrected chi connectivity index (χ4v) is 3.85. The lowest BCUT2D eigenvalue weighted by atomic mass is 10.1. The van der Waals surface area contributed by atoms with Gasteiger partial charge in [0, 0.05) is 0 Å². The van der Waals surface area contributed by atoms with E-state index in [1.54, 1.807) is 32.9 Å². The quantitative estimate of drug-likeness (QED) is 0.347. The number of aryl methyl sites for hydroxylation is 2. The monoisotopic (exact) mass is 447 g/mol. The van der Waals surface area contributed by atoms with Gasteiger partial charge < -0.3 is 4.74 Å². The van der Waals surface area contributed by atoms with Gasteiger partial charge in [-0.25, -0.2) is 4.79 Å². The predicted molar refractivity (Wildman–Crippen MR) is 121 cm³/mol. The summed E-state index contributed by atoms with van der Waals surface area (Å²) in [7, 11) is -4.14. The third-order valence-corrected chi connectivity index (χ3v) is 5.74. The molecule has 0 heterocycles. The van der Waals surface area contributed by atoms with Crippen molar-refractivity contribution in [2.75, 3.05) is 6.54 Å². The first-order chi connectivity index (χ1) is 14.6. The fraction of sp³-hybridized carbons (Fsp3) is 0.458. The van der Waals surface area contributed by atoms with E-state index in [0.29, 0.717) is 6.42 Å². The highest BCUT2D eigenvalue weighted by Gasteiger charge is 2.28. The van der Waals surface area contributed by atoms with Crippen molar-refractivity contribution in [3.05, 3.63) is 65.7 Å². The first kappa shape index (κ1) is 24.9. The molecular formula is C24H33NO5S. The summed E-state index contributed by atoms with van der Waals surface area (Å²) in [5.74, 6) is 0. The van der Waals surface area contributed by atoms with Crippen LogP contribution in [-0.2, 0) is 25.6 Å². The number of carbonyl (C=O) groups excluding carboxylic acids is 1. The molecule has 0 aliphatic carbocycles. The van der Waals surface area contributed by atoms with E-state index >= 15 is 0 Å². The summed E-state index contributed by atoms with van der Waals surface area (Å²) in [4.78, 5) is 12.5. The molecule has 0 N–H and O–H groups in total. The molecule has 6 nitrogen and oxygen atoms in total. The zero-order chi connectivity index (χ0) is 22.9. The Hall–Kier alpha value is -2.38. The molecule has 7 heteroatoms. The molecule has 0 saturated heterocycles. The number of ether oxygens (including phenoxy) is 1. The van der Waals surface area contributed by atoms with Gasteiger partial charge in [0.15, 0.2) is 0 Å². The number of hydroxylamine groups is 2. The number of carbonyl (C=O) groups is 1. The number of rotatable bonds is 10. The molecule has 0 atom stereocenters. The van der Waals surface area contributed by atoms with Gasteiger partial charge in [0.25, 0.3) is 0 Å². The minimum absolute atomic E-state index is 0.00507. The number of hydrogen-bond acceptors (Lipinski definition) is 5. The van der Waals surface area contributed by atoms with Crippen LogP contribution in [0, 0.1) is 6.92 Å². The Morgan fingerprint density at radius 3 is 2.13 bits per heavy atom. The Balaban J connectivity index is 1.93. The first-order valence-electron chi connectivity index (χ1n) is 10.6. The maximum atomic E-state index is 12.6. The van der Waals surface area contributed by atoms with Crippen LogP contribution in [0.4, 0.5) is 4.79 Å². The van der Waals surface area contributed by atoms with E-state index in [-0.39, 0.29) is 11.4 Å². The van der Waals surface area contributed by atoms with Gasteiger partial charge in [0.2, 0.25) is 0 Å². The van der Waals surface area contributed by atoms with Gasteiger partial charge in [-0.15, -0.1) is 4.28 Å². The molecule has 2 aromatic carbocycles. The van der Waals surface area contributed by atoms with E-state index in [4.69, 9.17) is 9.02 Å². The summed E-state index contributed by atoms with van der Waals surface area (Å²) in [5, 5.41) is 0.817. The number of amides is 1. The number of benzene rings is 2. The standard InChI is InChI=1S/C24H33NO5S/c1-20-15-17-22(18-16-20)31(27,28)30-25(23(26)29-24(2,3)4)19-11-6-5-8-12-21-13-9-7-10-14-21/h7,9-10,13-18H,5-6,8,11-12,19H2,1-4H3. The van der Waals surface area contributed by atoms with Crippen molar-refractivity contribution in [3.8, 4) is 0 Å². The fourth-order valence-electron chi connectivity index (χ4n) is 2.92. The molecule has 2 aromatic rings. The smallest absolute Gasteiger partial charge is 0.435 e. The lowest BCUT2D eigenvalue weighted by molar-refractivity contribution is -0.0691. The Bertz CT molecular complexity index is 919. The molecule has 170 valence electrons. The minimum Gasteiger partial charge on any atom is -0.442 e. The number of nitrogens with zero attached hydrogens (tertiary/aromatic N) is 1. The van der Waals surface area contributed by atoms with Crippen molar-refractivity contribution < 1.29 is 22.2 Å². The maximum absolute atomic E-state index is 12.6. The minimum atomic E-state index is -4.14. The van der Waals surface area contributed by atoms with Gasteiger partial charge in [-0.2, -0.15) is 13.5 Å². The van der Waals surface area contributed by atoms with E-state index in [9.17, 15) is 13.2 Å². The highest BCUT2D eigenvalue weighted by atomic mass is 32.2. The lowest BCUT2D eigenvalue weighted by Gasteiger charge is -2.26. The zero-order valence-electron chi connectivity index (χ0n) is 18.8. The molecule has 0 radical (unpaired) electrons. The topological polar surface area (TPSA) is 72.9 Å². The van der Waals surface area contributed by atoms with E-state index < -0.39 is 21.8 Å². The van der Waals surface area contributed by atoms with Crippen LogP contribution in [0.25, 0.3) is 0 Å². The van der Waals surface area contributed by atoms with Gasteiger partial charge in [0.1, 0.15) is 5.60 Å². The molecule has 31 heavy (non-hydrogen) atoms. The van der Waals surface area contributed by atoms with Crippen LogP contribution in [0.15, 0.2) is 59.5 Å². The van der Waals surface area contributed by atoms with E-state index in [1.807, 2.05) is 25.1 Å². The molecule has 2 rings (SSSR count). The van der Waals surface area contributed by atoms with E-state index in [0.717, 1.165) is 36.3 Å². The second kappa shape index (κ2) is 11.3. The summed E-state index contributed by atoms with van der Waals surface area (Å²) in [5.41, 5.74) is 1.46. The summed E-state index contributed by atoms with van der Waals surface area (Å²) in [6.07, 6.45) is 3.64. The van der Waals surface area contributed by atoms with Gasteiger partial charge >= 0.3 is 16.2 Å². The van der Waals surface area contributed by atoms with Crippen LogP contribution in [0.5, 0.6) is 0 Å². The van der Waals surface area contributed by atoms with Crippen molar-refractivity contribution in [1.82, 2.24) is 5.06 Å². The normalized spacial score (nSPS) is 11.9. The molecule has 0 aromatic heterocycles. The molecule has 0 aliphatic rings. The third kappa shape index (κ3) is 9.11. The van der Waals surface area contributed by atoms with Crippen LogP contribution >= 0.6 is 0 Å². The van der Waals surface area contributed by atoms with Crippen LogP contribution in [0.2, 0.25) is 0 Å². The van der Waals surface area contributed by atoms with Crippen LogP contribution in [0.1, 0.15) is 57.6 Å². The summed E-state index contributed by atoms with van der Waals surface area (Å²) >= 11 is 0. The third-order valence-electron chi connectivity index (χ3n) is 4.51. The molecule has 0 fully saturated rings. The molecule has 0 unspecified atom stereocenters. The molecule has 0 spiro atoms. The van der Waals surface area contributed by atoms with Crippen molar-refractivity contribution in [2.45, 2.75) is 70.3 Å². The van der Waals surface area contributed by atoms with Crippen molar-refractivity contribution in [1.29, 1.82) is 0 Å². The largest absolute Gasteiger partial charge is 0.442 e. The molecule has 1 amide bonds. The molecule has 0 aliphatic heterocycles. The average Bonchev–Trinajstić information content (AvgIpc) is 2.69. The van der Waals surface area contributed by atoms with Crippen molar-refractivity contribution in [2.24, 2.45) is 0 Å².